The maximum absolute atomic E-state index is 5.88. The second-order valence-corrected chi connectivity index (χ2v) is 6.28. The molecule has 0 saturated carbocycles. The minimum absolute atomic E-state index is 0.0732. The summed E-state index contributed by atoms with van der Waals surface area (Å²) in [5.41, 5.74) is 1.34. The van der Waals surface area contributed by atoms with Gasteiger partial charge in [0, 0.05) is 13.2 Å². The van der Waals surface area contributed by atoms with Crippen LogP contribution in [-0.2, 0) is 10.2 Å². The van der Waals surface area contributed by atoms with E-state index in [2.05, 4.69) is 51.2 Å². The van der Waals surface area contributed by atoms with Crippen molar-refractivity contribution in [1.82, 2.24) is 5.32 Å². The maximum Gasteiger partial charge on any atom is 0.123 e. The van der Waals surface area contributed by atoms with E-state index in [-0.39, 0.29) is 5.41 Å². The molecule has 0 aliphatic heterocycles. The molecular formula is C18H31NO2. The van der Waals surface area contributed by atoms with Gasteiger partial charge in [-0.2, -0.15) is 0 Å². The number of methoxy groups -OCH3 is 1. The van der Waals surface area contributed by atoms with Gasteiger partial charge in [-0.3, -0.25) is 0 Å². The quantitative estimate of drug-likeness (QED) is 0.666. The fraction of sp³-hybridized carbons (Fsp3) is 0.667. The Morgan fingerprint density at radius 3 is 2.57 bits per heavy atom. The van der Waals surface area contributed by atoms with Crippen LogP contribution in [0.15, 0.2) is 24.3 Å². The van der Waals surface area contributed by atoms with Crippen LogP contribution in [0.1, 0.15) is 46.1 Å². The van der Waals surface area contributed by atoms with Crippen molar-refractivity contribution in [2.75, 3.05) is 26.9 Å². The molecule has 0 bridgehead atoms. The van der Waals surface area contributed by atoms with Crippen LogP contribution in [0.3, 0.4) is 0 Å². The Kier molecular flexibility index (Phi) is 7.76. The van der Waals surface area contributed by atoms with E-state index in [0.29, 0.717) is 19.3 Å². The molecule has 1 unspecified atom stereocenters. The first-order chi connectivity index (χ1) is 10.0. The van der Waals surface area contributed by atoms with Crippen molar-refractivity contribution >= 4 is 0 Å². The zero-order chi connectivity index (χ0) is 15.7. The molecule has 0 aliphatic rings. The molecule has 0 saturated heterocycles. The summed E-state index contributed by atoms with van der Waals surface area (Å²) in [6, 6.07) is 8.84. The molecule has 3 nitrogen and oxygen atoms in total. The Hall–Kier alpha value is -1.06. The van der Waals surface area contributed by atoms with E-state index < -0.39 is 0 Å². The molecule has 21 heavy (non-hydrogen) atoms. The van der Waals surface area contributed by atoms with E-state index in [0.717, 1.165) is 18.7 Å². The van der Waals surface area contributed by atoms with Gasteiger partial charge in [0.15, 0.2) is 0 Å². The fourth-order valence-electron chi connectivity index (χ4n) is 2.72. The van der Waals surface area contributed by atoms with Gasteiger partial charge in [0.25, 0.3) is 0 Å². The molecule has 0 aliphatic carbocycles. The number of hydrogen-bond donors (Lipinski definition) is 1. The van der Waals surface area contributed by atoms with Gasteiger partial charge >= 0.3 is 0 Å². The summed E-state index contributed by atoms with van der Waals surface area (Å²) < 4.78 is 10.9. The molecule has 0 heterocycles. The average molecular weight is 293 g/mol. The van der Waals surface area contributed by atoms with Gasteiger partial charge in [0.1, 0.15) is 12.4 Å². The molecule has 1 rings (SSSR count). The van der Waals surface area contributed by atoms with Crippen LogP contribution >= 0.6 is 0 Å². The van der Waals surface area contributed by atoms with E-state index in [9.17, 15) is 0 Å². The summed E-state index contributed by atoms with van der Waals surface area (Å²) >= 11 is 0. The van der Waals surface area contributed by atoms with E-state index in [1.165, 1.54) is 12.0 Å². The zero-order valence-electron chi connectivity index (χ0n) is 14.2. The van der Waals surface area contributed by atoms with Crippen LogP contribution in [0, 0.1) is 0 Å². The fourth-order valence-corrected chi connectivity index (χ4v) is 2.72. The monoisotopic (exact) mass is 293 g/mol. The van der Waals surface area contributed by atoms with Gasteiger partial charge in [-0.25, -0.2) is 0 Å². The maximum atomic E-state index is 5.88. The van der Waals surface area contributed by atoms with Gasteiger partial charge in [0.2, 0.25) is 0 Å². The second-order valence-electron chi connectivity index (χ2n) is 6.28. The first-order valence-corrected chi connectivity index (χ1v) is 7.96. The molecule has 0 aromatic heterocycles. The Morgan fingerprint density at radius 1 is 1.19 bits per heavy atom. The van der Waals surface area contributed by atoms with E-state index in [1.807, 2.05) is 6.07 Å². The van der Waals surface area contributed by atoms with Crippen molar-refractivity contribution in [2.24, 2.45) is 0 Å². The predicted molar refractivity (Wildman–Crippen MR) is 89.2 cm³/mol. The highest BCUT2D eigenvalue weighted by molar-refractivity contribution is 5.39. The Morgan fingerprint density at radius 2 is 1.90 bits per heavy atom. The number of para-hydroxylation sites is 1. The first-order valence-electron chi connectivity index (χ1n) is 7.96. The van der Waals surface area contributed by atoms with Crippen LogP contribution < -0.4 is 10.1 Å². The van der Waals surface area contributed by atoms with E-state index in [4.69, 9.17) is 9.47 Å². The summed E-state index contributed by atoms with van der Waals surface area (Å²) in [4.78, 5) is 0. The molecule has 120 valence electrons. The number of nitrogens with one attached hydrogen (secondary N) is 1. The highest BCUT2D eigenvalue weighted by Gasteiger charge is 2.26. The molecule has 0 fully saturated rings. The molecule has 0 amide bonds. The van der Waals surface area contributed by atoms with Gasteiger partial charge in [-0.15, -0.1) is 0 Å². The average Bonchev–Trinajstić information content (AvgIpc) is 2.45. The minimum atomic E-state index is 0.0732. The Labute approximate surface area is 130 Å². The van der Waals surface area contributed by atoms with E-state index >= 15 is 0 Å². The minimum Gasteiger partial charge on any atom is -0.491 e. The number of benzene rings is 1. The normalized spacial score (nSPS) is 13.2. The summed E-state index contributed by atoms with van der Waals surface area (Å²) in [6.45, 7) is 11.3. The van der Waals surface area contributed by atoms with Gasteiger partial charge < -0.3 is 14.8 Å². The highest BCUT2D eigenvalue weighted by atomic mass is 16.5. The standard InChI is InChI=1S/C18H31NO2/c1-6-11-19-15(2)14-18(3,4)16-9-7-8-10-17(16)21-13-12-20-5/h7-10,15,19H,6,11-14H2,1-5H3. The van der Waals surface area contributed by atoms with Crippen LogP contribution in [0.25, 0.3) is 0 Å². The molecule has 1 aromatic carbocycles. The Balaban J connectivity index is 2.76. The lowest BCUT2D eigenvalue weighted by Gasteiger charge is -2.30. The van der Waals surface area contributed by atoms with Crippen molar-refractivity contribution in [1.29, 1.82) is 0 Å². The van der Waals surface area contributed by atoms with Crippen LogP contribution in [-0.4, -0.2) is 32.9 Å². The third kappa shape index (κ3) is 6.06. The lowest BCUT2D eigenvalue weighted by molar-refractivity contribution is 0.145. The van der Waals surface area contributed by atoms with Crippen molar-refractivity contribution in [3.05, 3.63) is 29.8 Å². The predicted octanol–water partition coefficient (Wildman–Crippen LogP) is 3.77. The third-order valence-corrected chi connectivity index (χ3v) is 3.72. The SMILES string of the molecule is CCCNC(C)CC(C)(C)c1ccccc1OCCOC. The second kappa shape index (κ2) is 9.06. The van der Waals surface area contributed by atoms with Gasteiger partial charge in [-0.1, -0.05) is 39.0 Å². The molecule has 1 atom stereocenters. The zero-order valence-corrected chi connectivity index (χ0v) is 14.2. The van der Waals surface area contributed by atoms with Gasteiger partial charge in [0.05, 0.1) is 6.61 Å². The molecule has 0 spiro atoms. The molecule has 0 radical (unpaired) electrons. The highest BCUT2D eigenvalue weighted by Crippen LogP contribution is 2.35. The number of ether oxygens (including phenoxy) is 2. The molecular weight excluding hydrogens is 262 g/mol. The van der Waals surface area contributed by atoms with Crippen LogP contribution in [0.5, 0.6) is 5.75 Å². The summed E-state index contributed by atoms with van der Waals surface area (Å²) in [5, 5.41) is 3.57. The summed E-state index contributed by atoms with van der Waals surface area (Å²) in [7, 11) is 1.69. The molecule has 1 aromatic rings. The lowest BCUT2D eigenvalue weighted by Crippen LogP contribution is -2.34. The summed E-state index contributed by atoms with van der Waals surface area (Å²) in [5.74, 6) is 0.974. The first kappa shape index (κ1) is 18.0. The topological polar surface area (TPSA) is 30.5 Å². The van der Waals surface area contributed by atoms with Crippen molar-refractivity contribution in [3.63, 3.8) is 0 Å². The van der Waals surface area contributed by atoms with E-state index in [1.54, 1.807) is 7.11 Å². The summed E-state index contributed by atoms with van der Waals surface area (Å²) in [6.07, 6.45) is 2.25. The third-order valence-electron chi connectivity index (χ3n) is 3.72. The van der Waals surface area contributed by atoms with Crippen molar-refractivity contribution < 1.29 is 9.47 Å². The van der Waals surface area contributed by atoms with Crippen LogP contribution in [0.2, 0.25) is 0 Å². The van der Waals surface area contributed by atoms with Crippen molar-refractivity contribution in [3.8, 4) is 5.75 Å². The molecule has 1 N–H and O–H groups in total. The van der Waals surface area contributed by atoms with Crippen LogP contribution in [0.4, 0.5) is 0 Å². The largest absolute Gasteiger partial charge is 0.491 e. The van der Waals surface area contributed by atoms with Crippen molar-refractivity contribution in [2.45, 2.75) is 52.0 Å². The smallest absolute Gasteiger partial charge is 0.123 e. The van der Waals surface area contributed by atoms with Gasteiger partial charge in [-0.05, 0) is 43.4 Å². The number of hydrogen-bond acceptors (Lipinski definition) is 3. The Bertz CT molecular complexity index is 404. The lowest BCUT2D eigenvalue weighted by atomic mass is 9.79. The number of rotatable bonds is 10. The molecule has 3 heteroatoms.